The molecule has 1 aliphatic rings. The summed E-state index contributed by atoms with van der Waals surface area (Å²) in [6, 6.07) is 5.96. The van der Waals surface area contributed by atoms with E-state index in [1.807, 2.05) is 18.2 Å². The van der Waals surface area contributed by atoms with Gasteiger partial charge in [0.25, 0.3) is 0 Å². The molecule has 1 aliphatic heterocycles. The minimum Gasteiger partial charge on any atom is -0.454 e. The van der Waals surface area contributed by atoms with Crippen molar-refractivity contribution in [1.29, 1.82) is 0 Å². The van der Waals surface area contributed by atoms with Gasteiger partial charge in [-0.2, -0.15) is 0 Å². The zero-order chi connectivity index (χ0) is 15.3. The third kappa shape index (κ3) is 5.21. The molecule has 0 fully saturated rings. The Morgan fingerprint density at radius 3 is 2.76 bits per heavy atom. The summed E-state index contributed by atoms with van der Waals surface area (Å²) in [5.41, 5.74) is 1.25. The van der Waals surface area contributed by atoms with E-state index in [1.54, 1.807) is 0 Å². The van der Waals surface area contributed by atoms with Crippen LogP contribution in [0.3, 0.4) is 0 Å². The molecule has 0 atom stereocenters. The van der Waals surface area contributed by atoms with Gasteiger partial charge in [0.2, 0.25) is 6.79 Å². The highest BCUT2D eigenvalue weighted by atomic mass is 16.7. The van der Waals surface area contributed by atoms with Crippen molar-refractivity contribution >= 4 is 0 Å². The Kier molecular flexibility index (Phi) is 5.48. The first-order valence-electron chi connectivity index (χ1n) is 7.63. The van der Waals surface area contributed by atoms with Gasteiger partial charge in [-0.3, -0.25) is 0 Å². The second kappa shape index (κ2) is 7.14. The van der Waals surface area contributed by atoms with Crippen molar-refractivity contribution in [2.45, 2.75) is 34.3 Å². The molecule has 0 bridgehead atoms. The van der Waals surface area contributed by atoms with Crippen LogP contribution in [0.2, 0.25) is 0 Å². The first kappa shape index (κ1) is 16.1. The predicted octanol–water partition coefficient (Wildman–Crippen LogP) is 3.20. The van der Waals surface area contributed by atoms with Gasteiger partial charge in [-0.15, -0.1) is 0 Å². The second-order valence-corrected chi connectivity index (χ2v) is 6.87. The molecule has 0 amide bonds. The van der Waals surface area contributed by atoms with Crippen molar-refractivity contribution in [2.24, 2.45) is 11.3 Å². The van der Waals surface area contributed by atoms with E-state index in [0.29, 0.717) is 19.3 Å². The molecule has 0 spiro atoms. The molecule has 1 aromatic rings. The van der Waals surface area contributed by atoms with Crippen molar-refractivity contribution in [3.8, 4) is 11.5 Å². The van der Waals surface area contributed by atoms with Crippen LogP contribution in [-0.4, -0.2) is 26.5 Å². The van der Waals surface area contributed by atoms with Gasteiger partial charge >= 0.3 is 0 Å². The molecule has 21 heavy (non-hydrogen) atoms. The van der Waals surface area contributed by atoms with Crippen molar-refractivity contribution in [3.05, 3.63) is 23.8 Å². The van der Waals surface area contributed by atoms with Crippen LogP contribution in [0.1, 0.15) is 33.3 Å². The smallest absolute Gasteiger partial charge is 0.231 e. The highest BCUT2D eigenvalue weighted by molar-refractivity contribution is 5.44. The van der Waals surface area contributed by atoms with E-state index < -0.39 is 0 Å². The van der Waals surface area contributed by atoms with E-state index in [4.69, 9.17) is 14.2 Å². The van der Waals surface area contributed by atoms with Crippen LogP contribution < -0.4 is 14.8 Å². The van der Waals surface area contributed by atoms with Gasteiger partial charge in [0.1, 0.15) is 0 Å². The SMILES string of the molecule is CC(C)CNCC(C)(C)COCc1ccc2c(c1)OCO2. The molecule has 1 heterocycles. The molecule has 1 aromatic carbocycles. The normalized spacial score (nSPS) is 14.0. The third-order valence-corrected chi connectivity index (χ3v) is 3.35. The number of nitrogens with one attached hydrogen (secondary N) is 1. The average molecular weight is 293 g/mol. The molecule has 4 nitrogen and oxygen atoms in total. The number of hydrogen-bond donors (Lipinski definition) is 1. The Labute approximate surface area is 127 Å². The molecular weight excluding hydrogens is 266 g/mol. The topological polar surface area (TPSA) is 39.7 Å². The Bertz CT molecular complexity index is 457. The standard InChI is InChI=1S/C17H27NO3/c1-13(2)8-18-10-17(3,4)11-19-9-14-5-6-15-16(7-14)21-12-20-15/h5-7,13,18H,8-12H2,1-4H3. The molecule has 0 aromatic heterocycles. The van der Waals surface area contributed by atoms with Crippen LogP contribution in [-0.2, 0) is 11.3 Å². The summed E-state index contributed by atoms with van der Waals surface area (Å²) in [5.74, 6) is 2.31. The van der Waals surface area contributed by atoms with E-state index in [9.17, 15) is 0 Å². The molecule has 0 saturated heterocycles. The number of fused-ring (bicyclic) bond motifs is 1. The number of benzene rings is 1. The Balaban J connectivity index is 1.73. The Morgan fingerprint density at radius 2 is 2.00 bits per heavy atom. The van der Waals surface area contributed by atoms with Gasteiger partial charge in [-0.05, 0) is 30.2 Å². The van der Waals surface area contributed by atoms with Gasteiger partial charge in [0.05, 0.1) is 13.2 Å². The quantitative estimate of drug-likeness (QED) is 0.799. The average Bonchev–Trinajstić information content (AvgIpc) is 2.85. The van der Waals surface area contributed by atoms with Gasteiger partial charge in [0, 0.05) is 12.0 Å². The Hall–Kier alpha value is -1.26. The van der Waals surface area contributed by atoms with E-state index in [0.717, 1.165) is 36.8 Å². The summed E-state index contributed by atoms with van der Waals surface area (Å²) in [5, 5.41) is 3.49. The summed E-state index contributed by atoms with van der Waals surface area (Å²) >= 11 is 0. The lowest BCUT2D eigenvalue weighted by Crippen LogP contribution is -2.35. The van der Waals surface area contributed by atoms with Gasteiger partial charge in [0.15, 0.2) is 11.5 Å². The third-order valence-electron chi connectivity index (χ3n) is 3.35. The molecule has 0 aliphatic carbocycles. The first-order chi connectivity index (χ1) is 9.96. The highest BCUT2D eigenvalue weighted by Gasteiger charge is 2.18. The zero-order valence-electron chi connectivity index (χ0n) is 13.6. The largest absolute Gasteiger partial charge is 0.454 e. The van der Waals surface area contributed by atoms with Crippen molar-refractivity contribution in [2.75, 3.05) is 26.5 Å². The fourth-order valence-corrected chi connectivity index (χ4v) is 2.23. The minimum atomic E-state index is 0.130. The van der Waals surface area contributed by atoms with E-state index in [2.05, 4.69) is 33.0 Å². The molecule has 0 saturated carbocycles. The minimum absolute atomic E-state index is 0.130. The molecule has 118 valence electrons. The monoisotopic (exact) mass is 293 g/mol. The molecule has 2 rings (SSSR count). The molecule has 0 radical (unpaired) electrons. The van der Waals surface area contributed by atoms with Gasteiger partial charge < -0.3 is 19.5 Å². The van der Waals surface area contributed by atoms with E-state index in [1.165, 1.54) is 0 Å². The maximum atomic E-state index is 5.87. The summed E-state index contributed by atoms with van der Waals surface area (Å²) in [6.07, 6.45) is 0. The number of rotatable bonds is 8. The summed E-state index contributed by atoms with van der Waals surface area (Å²) < 4.78 is 16.5. The molecule has 1 N–H and O–H groups in total. The first-order valence-corrected chi connectivity index (χ1v) is 7.63. The van der Waals surface area contributed by atoms with Crippen molar-refractivity contribution < 1.29 is 14.2 Å². The van der Waals surface area contributed by atoms with Crippen LogP contribution in [0.5, 0.6) is 11.5 Å². The van der Waals surface area contributed by atoms with Crippen LogP contribution in [0.15, 0.2) is 18.2 Å². The lowest BCUT2D eigenvalue weighted by molar-refractivity contribution is 0.0509. The van der Waals surface area contributed by atoms with E-state index in [-0.39, 0.29) is 5.41 Å². The van der Waals surface area contributed by atoms with Gasteiger partial charge in [-0.1, -0.05) is 33.8 Å². The fraction of sp³-hybridized carbons (Fsp3) is 0.647. The van der Waals surface area contributed by atoms with Gasteiger partial charge in [-0.25, -0.2) is 0 Å². The molecule has 0 unspecified atom stereocenters. The maximum absolute atomic E-state index is 5.87. The predicted molar refractivity (Wildman–Crippen MR) is 83.7 cm³/mol. The summed E-state index contributed by atoms with van der Waals surface area (Å²) in [7, 11) is 0. The number of ether oxygens (including phenoxy) is 3. The van der Waals surface area contributed by atoms with Crippen LogP contribution in [0.25, 0.3) is 0 Å². The van der Waals surface area contributed by atoms with Crippen molar-refractivity contribution in [1.82, 2.24) is 5.32 Å². The maximum Gasteiger partial charge on any atom is 0.231 e. The lowest BCUT2D eigenvalue weighted by Gasteiger charge is -2.25. The van der Waals surface area contributed by atoms with Crippen LogP contribution in [0, 0.1) is 11.3 Å². The van der Waals surface area contributed by atoms with Crippen LogP contribution >= 0.6 is 0 Å². The van der Waals surface area contributed by atoms with E-state index >= 15 is 0 Å². The lowest BCUT2D eigenvalue weighted by atomic mass is 9.94. The second-order valence-electron chi connectivity index (χ2n) is 6.87. The molecule has 4 heteroatoms. The fourth-order valence-electron chi connectivity index (χ4n) is 2.23. The van der Waals surface area contributed by atoms with Crippen LogP contribution in [0.4, 0.5) is 0 Å². The zero-order valence-corrected chi connectivity index (χ0v) is 13.6. The molecular formula is C17H27NO3. The summed E-state index contributed by atoms with van der Waals surface area (Å²) in [4.78, 5) is 0. The summed E-state index contributed by atoms with van der Waals surface area (Å²) in [6.45, 7) is 12.5. The highest BCUT2D eigenvalue weighted by Crippen LogP contribution is 2.32. The van der Waals surface area contributed by atoms with Crippen molar-refractivity contribution in [3.63, 3.8) is 0 Å². The number of hydrogen-bond acceptors (Lipinski definition) is 4. The Morgan fingerprint density at radius 1 is 1.24 bits per heavy atom.